The third kappa shape index (κ3) is 4.57. The second-order valence-corrected chi connectivity index (χ2v) is 7.12. The number of rotatable bonds is 6. The third-order valence-corrected chi connectivity index (χ3v) is 5.19. The number of carbonyl (C=O) groups is 2. The average molecular weight is 370 g/mol. The van der Waals surface area contributed by atoms with Crippen molar-refractivity contribution in [3.8, 4) is 5.75 Å². The fourth-order valence-electron chi connectivity index (χ4n) is 3.61. The molecule has 0 aromatic heterocycles. The highest BCUT2D eigenvalue weighted by molar-refractivity contribution is 5.85. The molecule has 1 N–H and O–H groups in total. The first-order chi connectivity index (χ1) is 13.0. The molecule has 6 nitrogen and oxygen atoms in total. The van der Waals surface area contributed by atoms with E-state index < -0.39 is 12.0 Å². The van der Waals surface area contributed by atoms with E-state index in [9.17, 15) is 14.7 Å². The zero-order chi connectivity index (χ0) is 19.4. The van der Waals surface area contributed by atoms with Gasteiger partial charge in [-0.3, -0.25) is 14.5 Å². The predicted molar refractivity (Wildman–Crippen MR) is 104 cm³/mol. The van der Waals surface area contributed by atoms with E-state index in [-0.39, 0.29) is 12.5 Å². The zero-order valence-electron chi connectivity index (χ0n) is 15.9. The molecular formula is C21H26N2O4. The molecule has 0 saturated carbocycles. The topological polar surface area (TPSA) is 70.1 Å². The number of benzene rings is 2. The molecule has 1 fully saturated rings. The summed E-state index contributed by atoms with van der Waals surface area (Å²) in [5.74, 6) is -0.0786. The van der Waals surface area contributed by atoms with Gasteiger partial charge in [0.05, 0.1) is 13.7 Å². The molecule has 1 aliphatic heterocycles. The number of methoxy groups -OCH3 is 1. The van der Waals surface area contributed by atoms with Crippen LogP contribution in [-0.4, -0.2) is 60.1 Å². The molecule has 1 atom stereocenters. The Morgan fingerprint density at radius 3 is 2.67 bits per heavy atom. The Hall–Kier alpha value is -2.60. The Morgan fingerprint density at radius 1 is 1.19 bits per heavy atom. The number of piperidine rings is 1. The number of fused-ring (bicyclic) bond motifs is 1. The molecule has 0 bridgehead atoms. The van der Waals surface area contributed by atoms with Crippen molar-refractivity contribution in [1.29, 1.82) is 0 Å². The molecule has 1 amide bonds. The lowest BCUT2D eigenvalue weighted by atomic mass is 10.0. The van der Waals surface area contributed by atoms with Crippen LogP contribution >= 0.6 is 0 Å². The maximum absolute atomic E-state index is 12.6. The van der Waals surface area contributed by atoms with E-state index in [0.29, 0.717) is 19.5 Å². The quantitative estimate of drug-likeness (QED) is 0.847. The summed E-state index contributed by atoms with van der Waals surface area (Å²) in [5, 5.41) is 11.5. The fourth-order valence-corrected chi connectivity index (χ4v) is 3.61. The van der Waals surface area contributed by atoms with E-state index in [2.05, 4.69) is 6.07 Å². The van der Waals surface area contributed by atoms with Gasteiger partial charge in [-0.1, -0.05) is 24.6 Å². The number of aliphatic carboxylic acids is 1. The van der Waals surface area contributed by atoms with Crippen molar-refractivity contribution < 1.29 is 19.4 Å². The molecule has 0 aliphatic carbocycles. The van der Waals surface area contributed by atoms with Crippen molar-refractivity contribution >= 4 is 22.6 Å². The van der Waals surface area contributed by atoms with Gasteiger partial charge in [-0.15, -0.1) is 0 Å². The number of carboxylic acid groups (broad SMARTS) is 1. The summed E-state index contributed by atoms with van der Waals surface area (Å²) in [6.45, 7) is 1.30. The van der Waals surface area contributed by atoms with Crippen LogP contribution in [0, 0.1) is 0 Å². The number of hydrogen-bond donors (Lipinski definition) is 1. The Labute approximate surface area is 159 Å². The minimum absolute atomic E-state index is 0.0574. The lowest BCUT2D eigenvalue weighted by Crippen LogP contribution is -2.49. The van der Waals surface area contributed by atoms with Gasteiger partial charge in [-0.25, -0.2) is 0 Å². The lowest BCUT2D eigenvalue weighted by molar-refractivity contribution is -0.146. The molecule has 1 unspecified atom stereocenters. The summed E-state index contributed by atoms with van der Waals surface area (Å²) in [6, 6.07) is 11.5. The van der Waals surface area contributed by atoms with Gasteiger partial charge in [0.1, 0.15) is 11.8 Å². The molecule has 1 saturated heterocycles. The molecule has 144 valence electrons. The van der Waals surface area contributed by atoms with Crippen LogP contribution in [0.4, 0.5) is 0 Å². The molecule has 6 heteroatoms. The zero-order valence-corrected chi connectivity index (χ0v) is 15.9. The fraction of sp³-hybridized carbons (Fsp3) is 0.429. The van der Waals surface area contributed by atoms with Crippen LogP contribution in [0.2, 0.25) is 0 Å². The number of hydrogen-bond acceptors (Lipinski definition) is 4. The van der Waals surface area contributed by atoms with E-state index in [0.717, 1.165) is 34.9 Å². The highest BCUT2D eigenvalue weighted by Crippen LogP contribution is 2.22. The number of nitrogens with zero attached hydrogens (tertiary/aromatic N) is 2. The van der Waals surface area contributed by atoms with Gasteiger partial charge in [0.15, 0.2) is 0 Å². The number of likely N-dealkylation sites (N-methyl/N-ethyl adjacent to an activating group) is 1. The molecule has 2 aromatic rings. The first-order valence-electron chi connectivity index (χ1n) is 9.25. The van der Waals surface area contributed by atoms with Gasteiger partial charge < -0.3 is 14.7 Å². The van der Waals surface area contributed by atoms with Crippen molar-refractivity contribution in [2.24, 2.45) is 0 Å². The van der Waals surface area contributed by atoms with Gasteiger partial charge in [-0.05, 0) is 53.9 Å². The molecule has 1 heterocycles. The standard InChI is InChI=1S/C21H26N2O4/c1-22(20(24)14-23-10-4-3-5-19(23)21(25)26)13-15-6-7-17-12-18(27-2)9-8-16(17)11-15/h6-9,11-12,19H,3-5,10,13-14H2,1-2H3,(H,25,26). The minimum atomic E-state index is -0.838. The average Bonchev–Trinajstić information content (AvgIpc) is 2.67. The molecule has 27 heavy (non-hydrogen) atoms. The van der Waals surface area contributed by atoms with Crippen molar-refractivity contribution in [3.05, 3.63) is 42.0 Å². The number of carbonyl (C=O) groups excluding carboxylic acids is 1. The second kappa shape index (κ2) is 8.39. The first kappa shape index (κ1) is 19.2. The van der Waals surface area contributed by atoms with Crippen molar-refractivity contribution in [1.82, 2.24) is 9.80 Å². The summed E-state index contributed by atoms with van der Waals surface area (Å²) >= 11 is 0. The number of ether oxygens (including phenoxy) is 1. The molecule has 1 aliphatic rings. The summed E-state index contributed by atoms with van der Waals surface area (Å²) in [7, 11) is 3.41. The third-order valence-electron chi connectivity index (χ3n) is 5.19. The monoisotopic (exact) mass is 370 g/mol. The van der Waals surface area contributed by atoms with E-state index in [4.69, 9.17) is 4.74 Å². The van der Waals surface area contributed by atoms with E-state index >= 15 is 0 Å². The number of amides is 1. The van der Waals surface area contributed by atoms with Gasteiger partial charge in [-0.2, -0.15) is 0 Å². The summed E-state index contributed by atoms with van der Waals surface area (Å²) < 4.78 is 5.25. The van der Waals surface area contributed by atoms with Gasteiger partial charge in [0.25, 0.3) is 0 Å². The molecule has 3 rings (SSSR count). The Kier molecular flexibility index (Phi) is 5.96. The number of likely N-dealkylation sites (tertiary alicyclic amines) is 1. The molecule has 0 radical (unpaired) electrons. The Balaban J connectivity index is 1.65. The SMILES string of the molecule is COc1ccc2cc(CN(C)C(=O)CN3CCCCC3C(=O)O)ccc2c1. The van der Waals surface area contributed by atoms with Crippen LogP contribution < -0.4 is 4.74 Å². The van der Waals surface area contributed by atoms with E-state index in [1.165, 1.54) is 0 Å². The highest BCUT2D eigenvalue weighted by atomic mass is 16.5. The largest absolute Gasteiger partial charge is 0.497 e. The first-order valence-corrected chi connectivity index (χ1v) is 9.25. The van der Waals surface area contributed by atoms with Crippen LogP contribution in [0.5, 0.6) is 5.75 Å². The molecular weight excluding hydrogens is 344 g/mol. The van der Waals surface area contributed by atoms with Crippen LogP contribution in [0.25, 0.3) is 10.8 Å². The Morgan fingerprint density at radius 2 is 1.93 bits per heavy atom. The molecule has 0 spiro atoms. The maximum Gasteiger partial charge on any atom is 0.320 e. The van der Waals surface area contributed by atoms with Gasteiger partial charge >= 0.3 is 5.97 Å². The van der Waals surface area contributed by atoms with E-state index in [1.54, 1.807) is 24.0 Å². The van der Waals surface area contributed by atoms with Crippen LogP contribution in [0.3, 0.4) is 0 Å². The van der Waals surface area contributed by atoms with Crippen LogP contribution in [0.15, 0.2) is 36.4 Å². The lowest BCUT2D eigenvalue weighted by Gasteiger charge is -2.33. The van der Waals surface area contributed by atoms with Crippen LogP contribution in [0.1, 0.15) is 24.8 Å². The summed E-state index contributed by atoms with van der Waals surface area (Å²) in [6.07, 6.45) is 2.45. The summed E-state index contributed by atoms with van der Waals surface area (Å²) in [5.41, 5.74) is 1.04. The predicted octanol–water partition coefficient (Wildman–Crippen LogP) is 2.75. The second-order valence-electron chi connectivity index (χ2n) is 7.12. The van der Waals surface area contributed by atoms with Crippen molar-refractivity contribution in [2.75, 3.05) is 27.2 Å². The smallest absolute Gasteiger partial charge is 0.320 e. The Bertz CT molecular complexity index is 836. The van der Waals surface area contributed by atoms with Crippen LogP contribution in [-0.2, 0) is 16.1 Å². The van der Waals surface area contributed by atoms with Gasteiger partial charge in [0.2, 0.25) is 5.91 Å². The summed E-state index contributed by atoms with van der Waals surface area (Å²) in [4.78, 5) is 27.5. The highest BCUT2D eigenvalue weighted by Gasteiger charge is 2.30. The van der Waals surface area contributed by atoms with E-state index in [1.807, 2.05) is 30.3 Å². The minimum Gasteiger partial charge on any atom is -0.497 e. The van der Waals surface area contributed by atoms with Gasteiger partial charge in [0, 0.05) is 13.6 Å². The maximum atomic E-state index is 12.6. The van der Waals surface area contributed by atoms with Crippen molar-refractivity contribution in [2.45, 2.75) is 31.8 Å². The van der Waals surface area contributed by atoms with Crippen molar-refractivity contribution in [3.63, 3.8) is 0 Å². The molecule has 2 aromatic carbocycles. The number of carboxylic acids is 1. The normalized spacial score (nSPS) is 17.6.